The molecule has 2 aliphatic heterocycles. The normalized spacial score (nSPS) is 22.4. The van der Waals surface area contributed by atoms with Crippen LogP contribution in [0.25, 0.3) is 0 Å². The first-order chi connectivity index (χ1) is 13.9. The van der Waals surface area contributed by atoms with Gasteiger partial charge in [-0.3, -0.25) is 0 Å². The number of nitrogens with zero attached hydrogens (tertiary/aromatic N) is 3. The molecule has 4 rings (SSSR count). The second-order valence-corrected chi connectivity index (χ2v) is 8.88. The van der Waals surface area contributed by atoms with Crippen LogP contribution in [0.15, 0.2) is 29.2 Å². The molecule has 9 heteroatoms. The molecule has 0 radical (unpaired) electrons. The number of hydrogen-bond donors (Lipinski definition) is 1. The van der Waals surface area contributed by atoms with Crippen LogP contribution in [-0.2, 0) is 0 Å². The standard InChI is InChI=1S/C20H22ClF3N4S/c1-27-7-5-12(10-27)13-6-8-28(11-13)15-9-14(22)20(19(24)18(15)21)29-26-17-4-2-3-16(23)25-17/h2-4,9,12-13H,5-8,10-11H2,1H3,(H,25,26). The summed E-state index contributed by atoms with van der Waals surface area (Å²) < 4.78 is 45.4. The summed E-state index contributed by atoms with van der Waals surface area (Å²) in [5, 5.41) is -0.0907. The van der Waals surface area contributed by atoms with E-state index < -0.39 is 17.6 Å². The maximum Gasteiger partial charge on any atom is 0.214 e. The van der Waals surface area contributed by atoms with E-state index in [0.717, 1.165) is 32.6 Å². The van der Waals surface area contributed by atoms with Gasteiger partial charge in [-0.2, -0.15) is 4.39 Å². The summed E-state index contributed by atoms with van der Waals surface area (Å²) in [5.41, 5.74) is 0.392. The zero-order valence-electron chi connectivity index (χ0n) is 16.0. The number of anilines is 2. The molecule has 4 nitrogen and oxygen atoms in total. The largest absolute Gasteiger partial charge is 0.370 e. The minimum absolute atomic E-state index is 0.0907. The van der Waals surface area contributed by atoms with Crippen LogP contribution in [-0.4, -0.2) is 43.1 Å². The summed E-state index contributed by atoms with van der Waals surface area (Å²) in [5.74, 6) is -0.910. The molecule has 1 N–H and O–H groups in total. The smallest absolute Gasteiger partial charge is 0.214 e. The molecule has 1 aromatic carbocycles. The SMILES string of the molecule is CN1CCC(C2CCN(c3cc(F)c(SNc4cccc(F)n4)c(F)c3Cl)C2)C1. The lowest BCUT2D eigenvalue weighted by Gasteiger charge is -2.23. The molecule has 0 aliphatic carbocycles. The predicted molar refractivity (Wildman–Crippen MR) is 111 cm³/mol. The Morgan fingerprint density at radius 2 is 1.90 bits per heavy atom. The second kappa shape index (κ2) is 8.62. The third-order valence-corrected chi connectivity index (χ3v) is 6.98. The van der Waals surface area contributed by atoms with Crippen molar-refractivity contribution in [3.63, 3.8) is 0 Å². The molecule has 0 spiro atoms. The van der Waals surface area contributed by atoms with Crippen LogP contribution in [0.2, 0.25) is 5.02 Å². The molecule has 0 amide bonds. The topological polar surface area (TPSA) is 31.4 Å². The third kappa shape index (κ3) is 4.44. The number of pyridine rings is 1. The number of aromatic nitrogens is 1. The molecular formula is C20H22ClF3N4S. The highest BCUT2D eigenvalue weighted by Gasteiger charge is 2.34. The van der Waals surface area contributed by atoms with Crippen LogP contribution < -0.4 is 9.62 Å². The summed E-state index contributed by atoms with van der Waals surface area (Å²) in [6, 6.07) is 5.44. The van der Waals surface area contributed by atoms with Crippen LogP contribution in [0.4, 0.5) is 24.7 Å². The number of likely N-dealkylation sites (tertiary alicyclic amines) is 1. The van der Waals surface area contributed by atoms with E-state index in [0.29, 0.717) is 29.5 Å². The molecule has 3 heterocycles. The van der Waals surface area contributed by atoms with Gasteiger partial charge in [-0.05, 0) is 62.4 Å². The summed E-state index contributed by atoms with van der Waals surface area (Å²) in [7, 11) is 2.12. The van der Waals surface area contributed by atoms with Gasteiger partial charge in [-0.1, -0.05) is 17.7 Å². The van der Waals surface area contributed by atoms with Crippen LogP contribution in [0, 0.1) is 29.4 Å². The van der Waals surface area contributed by atoms with E-state index in [2.05, 4.69) is 21.7 Å². The highest BCUT2D eigenvalue weighted by molar-refractivity contribution is 8.00. The molecule has 156 valence electrons. The van der Waals surface area contributed by atoms with E-state index in [1.165, 1.54) is 30.7 Å². The van der Waals surface area contributed by atoms with Crippen LogP contribution in [0.3, 0.4) is 0 Å². The zero-order valence-corrected chi connectivity index (χ0v) is 17.5. The van der Waals surface area contributed by atoms with Crippen LogP contribution >= 0.6 is 23.5 Å². The first-order valence-electron chi connectivity index (χ1n) is 9.58. The van der Waals surface area contributed by atoms with Crippen molar-refractivity contribution in [2.75, 3.05) is 42.8 Å². The minimum atomic E-state index is -0.820. The third-order valence-electron chi connectivity index (χ3n) is 5.73. The molecule has 29 heavy (non-hydrogen) atoms. The van der Waals surface area contributed by atoms with Gasteiger partial charge in [0.05, 0.1) is 5.69 Å². The van der Waals surface area contributed by atoms with Crippen LogP contribution in [0.5, 0.6) is 0 Å². The molecular weight excluding hydrogens is 421 g/mol. The highest BCUT2D eigenvalue weighted by Crippen LogP contribution is 2.40. The van der Waals surface area contributed by atoms with E-state index in [1.807, 2.05) is 4.90 Å². The average Bonchev–Trinajstić information content (AvgIpc) is 3.34. The summed E-state index contributed by atoms with van der Waals surface area (Å²) >= 11 is 6.96. The molecule has 2 fully saturated rings. The van der Waals surface area contributed by atoms with Crippen molar-refractivity contribution >= 4 is 35.1 Å². The predicted octanol–water partition coefficient (Wildman–Crippen LogP) is 5.05. The lowest BCUT2D eigenvalue weighted by molar-refractivity contribution is 0.337. The number of halogens is 4. The average molecular weight is 443 g/mol. The van der Waals surface area contributed by atoms with E-state index in [4.69, 9.17) is 11.6 Å². The van der Waals surface area contributed by atoms with Gasteiger partial charge in [0.25, 0.3) is 0 Å². The molecule has 2 aromatic rings. The second-order valence-electron chi connectivity index (χ2n) is 7.69. The Labute approximate surface area is 177 Å². The van der Waals surface area contributed by atoms with Crippen molar-refractivity contribution in [2.45, 2.75) is 17.7 Å². The van der Waals surface area contributed by atoms with Gasteiger partial charge in [-0.15, -0.1) is 0 Å². The fourth-order valence-electron chi connectivity index (χ4n) is 4.20. The highest BCUT2D eigenvalue weighted by atomic mass is 35.5. The van der Waals surface area contributed by atoms with Crippen molar-refractivity contribution in [3.05, 3.63) is 46.9 Å². The lowest BCUT2D eigenvalue weighted by Crippen LogP contribution is -2.25. The summed E-state index contributed by atoms with van der Waals surface area (Å²) in [6.07, 6.45) is 2.17. The van der Waals surface area contributed by atoms with Crippen molar-refractivity contribution in [1.29, 1.82) is 0 Å². The Balaban J connectivity index is 1.48. The van der Waals surface area contributed by atoms with Crippen molar-refractivity contribution in [3.8, 4) is 0 Å². The number of benzene rings is 1. The molecule has 0 saturated carbocycles. The van der Waals surface area contributed by atoms with Crippen molar-refractivity contribution < 1.29 is 13.2 Å². The van der Waals surface area contributed by atoms with E-state index in [1.54, 1.807) is 0 Å². The molecule has 2 saturated heterocycles. The van der Waals surface area contributed by atoms with Crippen molar-refractivity contribution in [2.24, 2.45) is 11.8 Å². The number of nitrogens with one attached hydrogen (secondary N) is 1. The summed E-state index contributed by atoms with van der Waals surface area (Å²) in [4.78, 5) is 7.65. The van der Waals surface area contributed by atoms with E-state index in [9.17, 15) is 13.2 Å². The maximum absolute atomic E-state index is 14.8. The van der Waals surface area contributed by atoms with Crippen LogP contribution in [0.1, 0.15) is 12.8 Å². The molecule has 2 unspecified atom stereocenters. The fourth-order valence-corrected chi connectivity index (χ4v) is 5.20. The first-order valence-corrected chi connectivity index (χ1v) is 10.8. The van der Waals surface area contributed by atoms with E-state index >= 15 is 0 Å². The first kappa shape index (κ1) is 20.6. The number of hydrogen-bond acceptors (Lipinski definition) is 5. The Kier molecular flexibility index (Phi) is 6.13. The van der Waals surface area contributed by atoms with Gasteiger partial charge < -0.3 is 14.5 Å². The lowest BCUT2D eigenvalue weighted by atomic mass is 9.91. The molecule has 2 atom stereocenters. The Morgan fingerprint density at radius 1 is 1.14 bits per heavy atom. The van der Waals surface area contributed by atoms with Gasteiger partial charge in [0.15, 0.2) is 5.82 Å². The Morgan fingerprint density at radius 3 is 2.62 bits per heavy atom. The quantitative estimate of drug-likeness (QED) is 0.398. The Bertz CT molecular complexity index is 900. The molecule has 1 aromatic heterocycles. The molecule has 0 bridgehead atoms. The van der Waals surface area contributed by atoms with Crippen molar-refractivity contribution in [1.82, 2.24) is 9.88 Å². The van der Waals surface area contributed by atoms with E-state index in [-0.39, 0.29) is 15.7 Å². The maximum atomic E-state index is 14.8. The van der Waals surface area contributed by atoms with Gasteiger partial charge in [0.2, 0.25) is 5.95 Å². The van der Waals surface area contributed by atoms with Gasteiger partial charge >= 0.3 is 0 Å². The Hall–Kier alpha value is -1.64. The monoisotopic (exact) mass is 442 g/mol. The minimum Gasteiger partial charge on any atom is -0.370 e. The zero-order chi connectivity index (χ0) is 20.5. The summed E-state index contributed by atoms with van der Waals surface area (Å²) in [6.45, 7) is 3.67. The van der Waals surface area contributed by atoms with Gasteiger partial charge in [0.1, 0.15) is 21.6 Å². The van der Waals surface area contributed by atoms with Gasteiger partial charge in [-0.25, -0.2) is 13.8 Å². The number of rotatable bonds is 5. The fraction of sp³-hybridized carbons (Fsp3) is 0.450. The van der Waals surface area contributed by atoms with Gasteiger partial charge in [0, 0.05) is 25.7 Å². The molecule has 2 aliphatic rings.